The molecule has 1 aliphatic carbocycles. The van der Waals surface area contributed by atoms with Crippen LogP contribution >= 0.6 is 0 Å². The van der Waals surface area contributed by atoms with E-state index >= 15 is 0 Å². The number of carbonyl (C=O) groups excluding carboxylic acids is 2. The summed E-state index contributed by atoms with van der Waals surface area (Å²) in [5, 5.41) is 2.99. The summed E-state index contributed by atoms with van der Waals surface area (Å²) < 4.78 is 5.57. The van der Waals surface area contributed by atoms with Gasteiger partial charge in [-0.3, -0.25) is 9.59 Å². The Hall–Kier alpha value is -2.04. The fourth-order valence-corrected chi connectivity index (χ4v) is 3.23. The second-order valence-electron chi connectivity index (χ2n) is 6.03. The molecule has 5 nitrogen and oxygen atoms in total. The molecule has 1 saturated carbocycles. The lowest BCUT2D eigenvalue weighted by molar-refractivity contribution is -0.120. The Bertz CT molecular complexity index is 579. The van der Waals surface area contributed by atoms with Crippen LogP contribution in [-0.2, 0) is 9.59 Å². The number of hydrogen-bond acceptors (Lipinski definition) is 3. The van der Waals surface area contributed by atoms with E-state index in [-0.39, 0.29) is 17.7 Å². The SMILES string of the molecule is CC(=O)N1CCOc2ccc(NC(=O)C3CCCCC3)cc21. The quantitative estimate of drug-likeness (QED) is 0.913. The van der Waals surface area contributed by atoms with Crippen molar-refractivity contribution in [1.82, 2.24) is 0 Å². The molecular weight excluding hydrogens is 280 g/mol. The molecule has 1 aliphatic heterocycles. The molecule has 22 heavy (non-hydrogen) atoms. The molecule has 0 spiro atoms. The van der Waals surface area contributed by atoms with Crippen LogP contribution < -0.4 is 15.0 Å². The van der Waals surface area contributed by atoms with Gasteiger partial charge in [0, 0.05) is 18.5 Å². The van der Waals surface area contributed by atoms with E-state index in [4.69, 9.17) is 4.74 Å². The average Bonchev–Trinajstić information content (AvgIpc) is 2.55. The zero-order valence-electron chi connectivity index (χ0n) is 12.9. The van der Waals surface area contributed by atoms with Gasteiger partial charge in [-0.25, -0.2) is 0 Å². The van der Waals surface area contributed by atoms with E-state index < -0.39 is 0 Å². The summed E-state index contributed by atoms with van der Waals surface area (Å²) in [6.45, 7) is 2.59. The van der Waals surface area contributed by atoms with Crippen LogP contribution in [0.4, 0.5) is 11.4 Å². The van der Waals surface area contributed by atoms with E-state index in [9.17, 15) is 9.59 Å². The van der Waals surface area contributed by atoms with Gasteiger partial charge >= 0.3 is 0 Å². The minimum atomic E-state index is -0.0136. The fourth-order valence-electron chi connectivity index (χ4n) is 3.23. The Balaban J connectivity index is 1.76. The number of hydrogen-bond donors (Lipinski definition) is 1. The Kier molecular flexibility index (Phi) is 4.32. The number of amides is 2. The zero-order chi connectivity index (χ0) is 15.5. The van der Waals surface area contributed by atoms with E-state index in [0.29, 0.717) is 18.9 Å². The minimum Gasteiger partial charge on any atom is -0.490 e. The number of ether oxygens (including phenoxy) is 1. The third kappa shape index (κ3) is 3.08. The highest BCUT2D eigenvalue weighted by molar-refractivity contribution is 5.97. The van der Waals surface area contributed by atoms with Crippen LogP contribution in [0.3, 0.4) is 0 Å². The van der Waals surface area contributed by atoms with E-state index in [1.807, 2.05) is 18.2 Å². The van der Waals surface area contributed by atoms with Crippen molar-refractivity contribution in [3.05, 3.63) is 18.2 Å². The van der Waals surface area contributed by atoms with Gasteiger partial charge in [-0.1, -0.05) is 19.3 Å². The highest BCUT2D eigenvalue weighted by Crippen LogP contribution is 2.34. The number of nitrogens with one attached hydrogen (secondary N) is 1. The van der Waals surface area contributed by atoms with Crippen molar-refractivity contribution in [2.45, 2.75) is 39.0 Å². The fraction of sp³-hybridized carbons (Fsp3) is 0.529. The monoisotopic (exact) mass is 302 g/mol. The summed E-state index contributed by atoms with van der Waals surface area (Å²) in [6.07, 6.45) is 5.44. The molecule has 1 fully saturated rings. The van der Waals surface area contributed by atoms with E-state index in [1.54, 1.807) is 11.8 Å². The van der Waals surface area contributed by atoms with Gasteiger partial charge < -0.3 is 15.0 Å². The van der Waals surface area contributed by atoms with Crippen molar-refractivity contribution in [2.75, 3.05) is 23.4 Å². The highest BCUT2D eigenvalue weighted by atomic mass is 16.5. The predicted molar refractivity (Wildman–Crippen MR) is 85.2 cm³/mol. The number of benzene rings is 1. The molecule has 118 valence electrons. The summed E-state index contributed by atoms with van der Waals surface area (Å²) >= 11 is 0. The van der Waals surface area contributed by atoms with Crippen molar-refractivity contribution in [1.29, 1.82) is 0 Å². The van der Waals surface area contributed by atoms with Crippen LogP contribution in [0.1, 0.15) is 39.0 Å². The van der Waals surface area contributed by atoms with Gasteiger partial charge in [0.05, 0.1) is 12.2 Å². The molecule has 1 aromatic carbocycles. The molecule has 1 N–H and O–H groups in total. The maximum atomic E-state index is 12.3. The standard InChI is InChI=1S/C17H22N2O3/c1-12(20)19-9-10-22-16-8-7-14(11-15(16)19)18-17(21)13-5-3-2-4-6-13/h7-8,11,13H,2-6,9-10H2,1H3,(H,18,21). The van der Waals surface area contributed by atoms with Crippen molar-refractivity contribution >= 4 is 23.2 Å². The Morgan fingerprint density at radius 2 is 2.00 bits per heavy atom. The first-order valence-electron chi connectivity index (χ1n) is 8.01. The van der Waals surface area contributed by atoms with Crippen LogP contribution in [-0.4, -0.2) is 25.0 Å². The average molecular weight is 302 g/mol. The molecule has 1 aromatic rings. The molecule has 0 aromatic heterocycles. The van der Waals surface area contributed by atoms with E-state index in [0.717, 1.165) is 37.1 Å². The zero-order valence-corrected chi connectivity index (χ0v) is 12.9. The summed E-state index contributed by atoms with van der Waals surface area (Å²) in [5.41, 5.74) is 1.46. The lowest BCUT2D eigenvalue weighted by atomic mass is 9.88. The van der Waals surface area contributed by atoms with E-state index in [1.165, 1.54) is 6.42 Å². The first kappa shape index (κ1) is 14.9. The number of nitrogens with zero attached hydrogens (tertiary/aromatic N) is 1. The molecule has 0 bridgehead atoms. The topological polar surface area (TPSA) is 58.6 Å². The normalized spacial score (nSPS) is 18.3. The molecule has 2 amide bonds. The molecule has 0 radical (unpaired) electrons. The van der Waals surface area contributed by atoms with Crippen LogP contribution in [0.25, 0.3) is 0 Å². The summed E-state index contributed by atoms with van der Waals surface area (Å²) in [5.74, 6) is 0.883. The van der Waals surface area contributed by atoms with Gasteiger partial charge in [0.25, 0.3) is 0 Å². The van der Waals surface area contributed by atoms with Crippen LogP contribution in [0.5, 0.6) is 5.75 Å². The summed E-state index contributed by atoms with van der Waals surface area (Å²) in [6, 6.07) is 5.49. The molecule has 0 saturated heterocycles. The maximum absolute atomic E-state index is 12.3. The number of anilines is 2. The summed E-state index contributed by atoms with van der Waals surface area (Å²) in [7, 11) is 0. The van der Waals surface area contributed by atoms with Gasteiger partial charge in [0.1, 0.15) is 12.4 Å². The van der Waals surface area contributed by atoms with Crippen LogP contribution in [0.15, 0.2) is 18.2 Å². The second kappa shape index (κ2) is 6.38. The molecule has 2 aliphatic rings. The Labute approximate surface area is 130 Å². The first-order valence-corrected chi connectivity index (χ1v) is 8.01. The molecule has 3 rings (SSSR count). The molecule has 0 atom stereocenters. The van der Waals surface area contributed by atoms with Crippen molar-refractivity contribution in [3.63, 3.8) is 0 Å². The van der Waals surface area contributed by atoms with Gasteiger partial charge in [-0.15, -0.1) is 0 Å². The Morgan fingerprint density at radius 3 is 2.73 bits per heavy atom. The van der Waals surface area contributed by atoms with Gasteiger partial charge in [0.15, 0.2) is 0 Å². The minimum absolute atomic E-state index is 0.0136. The first-order chi connectivity index (χ1) is 10.6. The lowest BCUT2D eigenvalue weighted by Crippen LogP contribution is -2.36. The molecular formula is C17H22N2O3. The van der Waals surface area contributed by atoms with Crippen LogP contribution in [0, 0.1) is 5.92 Å². The predicted octanol–water partition coefficient (Wildman–Crippen LogP) is 2.95. The smallest absolute Gasteiger partial charge is 0.227 e. The summed E-state index contributed by atoms with van der Waals surface area (Å²) in [4.78, 5) is 25.7. The van der Waals surface area contributed by atoms with Crippen molar-refractivity contribution in [2.24, 2.45) is 5.92 Å². The third-order valence-corrected chi connectivity index (χ3v) is 4.45. The molecule has 5 heteroatoms. The van der Waals surface area contributed by atoms with Crippen LogP contribution in [0.2, 0.25) is 0 Å². The van der Waals surface area contributed by atoms with Crippen molar-refractivity contribution in [3.8, 4) is 5.75 Å². The van der Waals surface area contributed by atoms with E-state index in [2.05, 4.69) is 5.32 Å². The number of rotatable bonds is 2. The molecule has 1 heterocycles. The second-order valence-corrected chi connectivity index (χ2v) is 6.03. The lowest BCUT2D eigenvalue weighted by Gasteiger charge is -2.29. The van der Waals surface area contributed by atoms with Gasteiger partial charge in [-0.2, -0.15) is 0 Å². The maximum Gasteiger partial charge on any atom is 0.227 e. The van der Waals surface area contributed by atoms with Gasteiger partial charge in [-0.05, 0) is 31.0 Å². The number of fused-ring (bicyclic) bond motifs is 1. The largest absolute Gasteiger partial charge is 0.490 e. The number of carbonyl (C=O) groups is 2. The third-order valence-electron chi connectivity index (χ3n) is 4.45. The van der Waals surface area contributed by atoms with Gasteiger partial charge in [0.2, 0.25) is 11.8 Å². The highest BCUT2D eigenvalue weighted by Gasteiger charge is 2.24. The van der Waals surface area contributed by atoms with Crippen molar-refractivity contribution < 1.29 is 14.3 Å². The Morgan fingerprint density at radius 1 is 1.23 bits per heavy atom. The molecule has 0 unspecified atom stereocenters.